The molecular formula is C19H25NO3. The highest BCUT2D eigenvalue weighted by atomic mass is 16.5. The van der Waals surface area contributed by atoms with E-state index in [1.165, 1.54) is 11.1 Å². The first kappa shape index (κ1) is 17.2. The number of aryl methyl sites for hydroxylation is 2. The van der Waals surface area contributed by atoms with E-state index in [1.54, 1.807) is 21.3 Å². The van der Waals surface area contributed by atoms with Crippen molar-refractivity contribution in [2.75, 3.05) is 21.3 Å². The highest BCUT2D eigenvalue weighted by Gasteiger charge is 2.06. The second-order valence-corrected chi connectivity index (χ2v) is 5.57. The molecule has 0 aliphatic heterocycles. The highest BCUT2D eigenvalue weighted by Crippen LogP contribution is 2.24. The van der Waals surface area contributed by atoms with Crippen LogP contribution in [0.15, 0.2) is 30.3 Å². The Morgan fingerprint density at radius 2 is 1.39 bits per heavy atom. The van der Waals surface area contributed by atoms with Crippen molar-refractivity contribution in [3.05, 3.63) is 52.6 Å². The Labute approximate surface area is 138 Å². The molecule has 0 saturated carbocycles. The molecule has 4 heteroatoms. The van der Waals surface area contributed by atoms with Crippen LogP contribution in [-0.4, -0.2) is 21.3 Å². The molecule has 124 valence electrons. The van der Waals surface area contributed by atoms with E-state index >= 15 is 0 Å². The first-order valence-electron chi connectivity index (χ1n) is 7.64. The van der Waals surface area contributed by atoms with E-state index in [0.29, 0.717) is 0 Å². The molecule has 0 aliphatic rings. The molecule has 0 amide bonds. The molecule has 2 rings (SSSR count). The van der Waals surface area contributed by atoms with E-state index in [0.717, 1.165) is 41.5 Å². The van der Waals surface area contributed by atoms with Crippen molar-refractivity contribution in [2.45, 2.75) is 26.9 Å². The van der Waals surface area contributed by atoms with Gasteiger partial charge in [0.2, 0.25) is 0 Å². The van der Waals surface area contributed by atoms with E-state index in [2.05, 4.69) is 31.3 Å². The van der Waals surface area contributed by atoms with Crippen LogP contribution >= 0.6 is 0 Å². The van der Waals surface area contributed by atoms with E-state index < -0.39 is 0 Å². The minimum absolute atomic E-state index is 0.748. The molecule has 0 aromatic heterocycles. The monoisotopic (exact) mass is 315 g/mol. The van der Waals surface area contributed by atoms with Crippen molar-refractivity contribution >= 4 is 0 Å². The maximum atomic E-state index is 5.36. The van der Waals surface area contributed by atoms with Crippen LogP contribution in [0.1, 0.15) is 22.3 Å². The number of nitrogens with one attached hydrogen (secondary N) is 1. The molecule has 23 heavy (non-hydrogen) atoms. The number of hydrogen-bond donors (Lipinski definition) is 1. The zero-order valence-electron chi connectivity index (χ0n) is 14.5. The lowest BCUT2D eigenvalue weighted by atomic mass is 10.0. The van der Waals surface area contributed by atoms with Gasteiger partial charge in [-0.2, -0.15) is 0 Å². The van der Waals surface area contributed by atoms with Crippen molar-refractivity contribution in [2.24, 2.45) is 0 Å². The largest absolute Gasteiger partial charge is 0.497 e. The van der Waals surface area contributed by atoms with Crippen molar-refractivity contribution in [3.63, 3.8) is 0 Å². The summed E-state index contributed by atoms with van der Waals surface area (Å²) in [6.07, 6.45) is 0. The normalized spacial score (nSPS) is 10.5. The van der Waals surface area contributed by atoms with Crippen LogP contribution in [0.25, 0.3) is 0 Å². The van der Waals surface area contributed by atoms with Gasteiger partial charge in [-0.3, -0.25) is 0 Å². The Kier molecular flexibility index (Phi) is 5.88. The first-order valence-corrected chi connectivity index (χ1v) is 7.64. The Morgan fingerprint density at radius 3 is 1.96 bits per heavy atom. The summed E-state index contributed by atoms with van der Waals surface area (Å²) in [6.45, 7) is 5.72. The Balaban J connectivity index is 2.04. The first-order chi connectivity index (χ1) is 11.1. The third-order valence-electron chi connectivity index (χ3n) is 3.91. The van der Waals surface area contributed by atoms with Crippen LogP contribution < -0.4 is 19.5 Å². The molecule has 0 saturated heterocycles. The third-order valence-corrected chi connectivity index (χ3v) is 3.91. The summed E-state index contributed by atoms with van der Waals surface area (Å²) in [5.74, 6) is 2.54. The standard InChI is InChI=1S/C19H25NO3/c1-13-7-19(23-5)14(2)6-16(13)12-20-11-15-8-17(21-3)10-18(9-15)22-4/h6-10,20H,11-12H2,1-5H3. The van der Waals surface area contributed by atoms with Crippen molar-refractivity contribution in [1.82, 2.24) is 5.32 Å². The predicted octanol–water partition coefficient (Wildman–Crippen LogP) is 3.62. The van der Waals surface area contributed by atoms with Crippen LogP contribution in [0.3, 0.4) is 0 Å². The van der Waals surface area contributed by atoms with Gasteiger partial charge in [0, 0.05) is 19.2 Å². The zero-order chi connectivity index (χ0) is 16.8. The molecule has 0 radical (unpaired) electrons. The quantitative estimate of drug-likeness (QED) is 0.847. The van der Waals surface area contributed by atoms with Gasteiger partial charge in [0.25, 0.3) is 0 Å². The third kappa shape index (κ3) is 4.39. The van der Waals surface area contributed by atoms with Crippen molar-refractivity contribution in [3.8, 4) is 17.2 Å². The molecule has 2 aromatic carbocycles. The van der Waals surface area contributed by atoms with Gasteiger partial charge in [0.1, 0.15) is 17.2 Å². The minimum Gasteiger partial charge on any atom is -0.497 e. The predicted molar refractivity (Wildman–Crippen MR) is 92.6 cm³/mol. The van der Waals surface area contributed by atoms with Crippen LogP contribution in [-0.2, 0) is 13.1 Å². The second kappa shape index (κ2) is 7.88. The number of hydrogen-bond acceptors (Lipinski definition) is 4. The average Bonchev–Trinajstić information content (AvgIpc) is 2.57. The fraction of sp³-hybridized carbons (Fsp3) is 0.368. The van der Waals surface area contributed by atoms with Gasteiger partial charge in [-0.15, -0.1) is 0 Å². The lowest BCUT2D eigenvalue weighted by Gasteiger charge is -2.13. The molecule has 0 bridgehead atoms. The molecule has 0 aliphatic carbocycles. The summed E-state index contributed by atoms with van der Waals surface area (Å²) in [5.41, 5.74) is 4.78. The maximum Gasteiger partial charge on any atom is 0.122 e. The van der Waals surface area contributed by atoms with Gasteiger partial charge in [-0.05, 0) is 54.3 Å². The molecule has 0 spiro atoms. The number of methoxy groups -OCH3 is 3. The number of ether oxygens (including phenoxy) is 3. The Hall–Kier alpha value is -2.20. The van der Waals surface area contributed by atoms with E-state index in [-0.39, 0.29) is 0 Å². The molecule has 0 unspecified atom stereocenters. The van der Waals surface area contributed by atoms with Crippen LogP contribution in [0.2, 0.25) is 0 Å². The molecule has 2 aromatic rings. The summed E-state index contributed by atoms with van der Waals surface area (Å²) in [5, 5.41) is 3.47. The van der Waals surface area contributed by atoms with E-state index in [9.17, 15) is 0 Å². The summed E-state index contributed by atoms with van der Waals surface area (Å²) in [6, 6.07) is 10.2. The van der Waals surface area contributed by atoms with Crippen LogP contribution in [0, 0.1) is 13.8 Å². The summed E-state index contributed by atoms with van der Waals surface area (Å²) < 4.78 is 16.0. The van der Waals surface area contributed by atoms with Gasteiger partial charge < -0.3 is 19.5 Å². The van der Waals surface area contributed by atoms with Crippen LogP contribution in [0.5, 0.6) is 17.2 Å². The van der Waals surface area contributed by atoms with Gasteiger partial charge >= 0.3 is 0 Å². The van der Waals surface area contributed by atoms with Crippen LogP contribution in [0.4, 0.5) is 0 Å². The zero-order valence-corrected chi connectivity index (χ0v) is 14.5. The number of benzene rings is 2. The van der Waals surface area contributed by atoms with Gasteiger partial charge in [-0.1, -0.05) is 6.07 Å². The molecule has 0 heterocycles. The summed E-state index contributed by atoms with van der Waals surface area (Å²) >= 11 is 0. The fourth-order valence-electron chi connectivity index (χ4n) is 2.57. The molecule has 4 nitrogen and oxygen atoms in total. The summed E-state index contributed by atoms with van der Waals surface area (Å²) in [7, 11) is 5.03. The smallest absolute Gasteiger partial charge is 0.122 e. The van der Waals surface area contributed by atoms with Crippen molar-refractivity contribution in [1.29, 1.82) is 0 Å². The Morgan fingerprint density at radius 1 is 0.739 bits per heavy atom. The maximum absolute atomic E-state index is 5.36. The van der Waals surface area contributed by atoms with E-state index in [1.807, 2.05) is 18.2 Å². The molecule has 0 atom stereocenters. The minimum atomic E-state index is 0.748. The highest BCUT2D eigenvalue weighted by molar-refractivity contribution is 5.42. The fourth-order valence-corrected chi connectivity index (χ4v) is 2.57. The number of rotatable bonds is 7. The van der Waals surface area contributed by atoms with Gasteiger partial charge in [-0.25, -0.2) is 0 Å². The average molecular weight is 315 g/mol. The summed E-state index contributed by atoms with van der Waals surface area (Å²) in [4.78, 5) is 0. The van der Waals surface area contributed by atoms with Gasteiger partial charge in [0.15, 0.2) is 0 Å². The Bertz CT molecular complexity index is 646. The lowest BCUT2D eigenvalue weighted by Crippen LogP contribution is -2.14. The lowest BCUT2D eigenvalue weighted by molar-refractivity contribution is 0.393. The molecule has 1 N–H and O–H groups in total. The molecule has 0 fully saturated rings. The topological polar surface area (TPSA) is 39.7 Å². The second-order valence-electron chi connectivity index (χ2n) is 5.57. The molecular weight excluding hydrogens is 290 g/mol. The van der Waals surface area contributed by atoms with Crippen molar-refractivity contribution < 1.29 is 14.2 Å². The van der Waals surface area contributed by atoms with E-state index in [4.69, 9.17) is 14.2 Å². The van der Waals surface area contributed by atoms with Gasteiger partial charge in [0.05, 0.1) is 21.3 Å². The SMILES string of the molecule is COc1cc(CNCc2cc(C)c(OC)cc2C)cc(OC)c1.